The third kappa shape index (κ3) is 2.09. The first-order chi connectivity index (χ1) is 7.70. The fraction of sp³-hybridized carbons (Fsp3) is 0.273. The highest BCUT2D eigenvalue weighted by molar-refractivity contribution is 5.52. The minimum absolute atomic E-state index is 0.210. The zero-order valence-corrected chi connectivity index (χ0v) is 8.72. The standard InChI is InChI=1S/C11H11FN2O2/c1-2-9(15)10-13-11(16-14-10)7-4-3-5-8(12)6-7/h3-6,9,15H,2H2,1H3. The summed E-state index contributed by atoms with van der Waals surface area (Å²) in [5, 5.41) is 13.1. The number of aliphatic hydroxyl groups is 1. The van der Waals surface area contributed by atoms with Gasteiger partial charge in [0.1, 0.15) is 11.9 Å². The van der Waals surface area contributed by atoms with E-state index in [0.29, 0.717) is 12.0 Å². The second kappa shape index (κ2) is 4.40. The Morgan fingerprint density at radius 3 is 3.00 bits per heavy atom. The summed E-state index contributed by atoms with van der Waals surface area (Å²) < 4.78 is 17.9. The van der Waals surface area contributed by atoms with Crippen molar-refractivity contribution >= 4 is 0 Å². The average molecular weight is 222 g/mol. The molecule has 1 aromatic heterocycles. The van der Waals surface area contributed by atoms with Crippen molar-refractivity contribution in [3.63, 3.8) is 0 Å². The van der Waals surface area contributed by atoms with Crippen molar-refractivity contribution in [2.45, 2.75) is 19.4 Å². The third-order valence-corrected chi connectivity index (χ3v) is 2.20. The normalized spacial score (nSPS) is 12.7. The molecule has 1 aromatic carbocycles. The SMILES string of the molecule is CCC(O)c1noc(-c2cccc(F)c2)n1. The molecular formula is C11H11FN2O2. The zero-order chi connectivity index (χ0) is 11.5. The van der Waals surface area contributed by atoms with Crippen LogP contribution in [0.3, 0.4) is 0 Å². The molecule has 0 amide bonds. The van der Waals surface area contributed by atoms with E-state index in [0.717, 1.165) is 0 Å². The zero-order valence-electron chi connectivity index (χ0n) is 8.72. The van der Waals surface area contributed by atoms with E-state index in [4.69, 9.17) is 4.52 Å². The molecule has 0 saturated heterocycles. The van der Waals surface area contributed by atoms with Gasteiger partial charge in [0.05, 0.1) is 0 Å². The van der Waals surface area contributed by atoms with Gasteiger partial charge in [-0.1, -0.05) is 18.1 Å². The van der Waals surface area contributed by atoms with Gasteiger partial charge in [0.2, 0.25) is 5.82 Å². The summed E-state index contributed by atoms with van der Waals surface area (Å²) in [6.45, 7) is 1.81. The highest BCUT2D eigenvalue weighted by Gasteiger charge is 2.14. The number of benzene rings is 1. The van der Waals surface area contributed by atoms with Crippen LogP contribution in [0.2, 0.25) is 0 Å². The predicted octanol–water partition coefficient (Wildman–Crippen LogP) is 2.32. The van der Waals surface area contributed by atoms with Gasteiger partial charge in [-0.3, -0.25) is 0 Å². The van der Waals surface area contributed by atoms with E-state index >= 15 is 0 Å². The molecule has 0 radical (unpaired) electrons. The first-order valence-electron chi connectivity index (χ1n) is 4.98. The Balaban J connectivity index is 2.31. The van der Waals surface area contributed by atoms with Gasteiger partial charge in [-0.2, -0.15) is 4.98 Å². The number of aromatic nitrogens is 2. The molecule has 84 valence electrons. The molecule has 2 rings (SSSR count). The van der Waals surface area contributed by atoms with Crippen LogP contribution in [0.4, 0.5) is 4.39 Å². The highest BCUT2D eigenvalue weighted by atomic mass is 19.1. The lowest BCUT2D eigenvalue weighted by molar-refractivity contribution is 0.159. The van der Waals surface area contributed by atoms with Crippen LogP contribution in [0.25, 0.3) is 11.5 Å². The quantitative estimate of drug-likeness (QED) is 0.865. The molecule has 1 atom stereocenters. The summed E-state index contributed by atoms with van der Waals surface area (Å²) in [5.74, 6) is 0.0667. The van der Waals surface area contributed by atoms with Crippen LogP contribution in [0.1, 0.15) is 25.3 Å². The summed E-state index contributed by atoms with van der Waals surface area (Å²) in [7, 11) is 0. The van der Waals surface area contributed by atoms with Gasteiger partial charge in [-0.05, 0) is 24.6 Å². The van der Waals surface area contributed by atoms with Crippen LogP contribution < -0.4 is 0 Å². The fourth-order valence-corrected chi connectivity index (χ4v) is 1.29. The Hall–Kier alpha value is -1.75. The number of halogens is 1. The third-order valence-electron chi connectivity index (χ3n) is 2.20. The first kappa shape index (κ1) is 10.8. The Labute approximate surface area is 91.7 Å². The van der Waals surface area contributed by atoms with Gasteiger partial charge >= 0.3 is 0 Å². The van der Waals surface area contributed by atoms with Crippen molar-refractivity contribution in [2.24, 2.45) is 0 Å². The van der Waals surface area contributed by atoms with Crippen molar-refractivity contribution in [2.75, 3.05) is 0 Å². The molecule has 0 bridgehead atoms. The summed E-state index contributed by atoms with van der Waals surface area (Å²) in [6.07, 6.45) is -0.242. The molecule has 1 N–H and O–H groups in total. The van der Waals surface area contributed by atoms with E-state index in [9.17, 15) is 9.50 Å². The Kier molecular flexibility index (Phi) is 2.96. The maximum absolute atomic E-state index is 12.9. The predicted molar refractivity (Wildman–Crippen MR) is 54.9 cm³/mol. The van der Waals surface area contributed by atoms with Gasteiger partial charge in [0.25, 0.3) is 5.89 Å². The Bertz CT molecular complexity index is 484. The van der Waals surface area contributed by atoms with Crippen LogP contribution in [-0.4, -0.2) is 15.2 Å². The number of hydrogen-bond donors (Lipinski definition) is 1. The van der Waals surface area contributed by atoms with E-state index in [1.807, 2.05) is 6.92 Å². The van der Waals surface area contributed by atoms with Crippen molar-refractivity contribution in [1.82, 2.24) is 10.1 Å². The van der Waals surface area contributed by atoms with Crippen molar-refractivity contribution in [1.29, 1.82) is 0 Å². The molecular weight excluding hydrogens is 211 g/mol. The van der Waals surface area contributed by atoms with Crippen molar-refractivity contribution in [3.05, 3.63) is 35.9 Å². The summed E-state index contributed by atoms with van der Waals surface area (Å²) in [6, 6.07) is 5.86. The molecule has 4 nitrogen and oxygen atoms in total. The highest BCUT2D eigenvalue weighted by Crippen LogP contribution is 2.20. The van der Waals surface area contributed by atoms with Gasteiger partial charge in [0, 0.05) is 5.56 Å². The first-order valence-corrected chi connectivity index (χ1v) is 4.98. The molecule has 1 heterocycles. The molecule has 2 aromatic rings. The number of rotatable bonds is 3. The molecule has 16 heavy (non-hydrogen) atoms. The molecule has 0 fully saturated rings. The lowest BCUT2D eigenvalue weighted by Gasteiger charge is -1.98. The average Bonchev–Trinajstić information content (AvgIpc) is 2.77. The van der Waals surface area contributed by atoms with E-state index in [1.54, 1.807) is 12.1 Å². The van der Waals surface area contributed by atoms with E-state index < -0.39 is 6.10 Å². The lowest BCUT2D eigenvalue weighted by Crippen LogP contribution is -1.97. The molecule has 0 aliphatic carbocycles. The molecule has 1 unspecified atom stereocenters. The Morgan fingerprint density at radius 2 is 2.31 bits per heavy atom. The number of hydrogen-bond acceptors (Lipinski definition) is 4. The topological polar surface area (TPSA) is 59.2 Å². The van der Waals surface area contributed by atoms with Gasteiger partial charge < -0.3 is 9.63 Å². The fourth-order valence-electron chi connectivity index (χ4n) is 1.29. The monoisotopic (exact) mass is 222 g/mol. The van der Waals surface area contributed by atoms with E-state index in [-0.39, 0.29) is 17.5 Å². The number of aliphatic hydroxyl groups excluding tert-OH is 1. The molecule has 0 spiro atoms. The maximum Gasteiger partial charge on any atom is 0.258 e. The number of nitrogens with zero attached hydrogens (tertiary/aromatic N) is 2. The largest absolute Gasteiger partial charge is 0.385 e. The van der Waals surface area contributed by atoms with Crippen LogP contribution in [-0.2, 0) is 0 Å². The smallest absolute Gasteiger partial charge is 0.258 e. The summed E-state index contributed by atoms with van der Waals surface area (Å²) >= 11 is 0. The summed E-state index contributed by atoms with van der Waals surface area (Å²) in [5.41, 5.74) is 0.502. The van der Waals surface area contributed by atoms with Gasteiger partial charge in [-0.15, -0.1) is 0 Å². The second-order valence-corrected chi connectivity index (χ2v) is 3.39. The Morgan fingerprint density at radius 1 is 1.50 bits per heavy atom. The molecule has 0 saturated carbocycles. The summed E-state index contributed by atoms with van der Waals surface area (Å²) in [4.78, 5) is 4.00. The van der Waals surface area contributed by atoms with Crippen molar-refractivity contribution < 1.29 is 14.0 Å². The molecule has 5 heteroatoms. The maximum atomic E-state index is 12.9. The van der Waals surface area contributed by atoms with Crippen molar-refractivity contribution in [3.8, 4) is 11.5 Å². The molecule has 0 aliphatic heterocycles. The van der Waals surface area contributed by atoms with E-state index in [2.05, 4.69) is 10.1 Å². The van der Waals surface area contributed by atoms with Crippen LogP contribution in [0.15, 0.2) is 28.8 Å². The van der Waals surface area contributed by atoms with E-state index in [1.165, 1.54) is 12.1 Å². The van der Waals surface area contributed by atoms with Crippen LogP contribution in [0.5, 0.6) is 0 Å². The minimum Gasteiger partial charge on any atom is -0.385 e. The second-order valence-electron chi connectivity index (χ2n) is 3.39. The molecule has 0 aliphatic rings. The van der Waals surface area contributed by atoms with Crippen LogP contribution >= 0.6 is 0 Å². The van der Waals surface area contributed by atoms with Gasteiger partial charge in [-0.25, -0.2) is 4.39 Å². The minimum atomic E-state index is -0.744. The van der Waals surface area contributed by atoms with Gasteiger partial charge in [0.15, 0.2) is 0 Å². The van der Waals surface area contributed by atoms with Crippen LogP contribution in [0, 0.1) is 5.82 Å². The lowest BCUT2D eigenvalue weighted by atomic mass is 10.2.